The molecule has 3 atom stereocenters. The molecule has 0 aliphatic heterocycles. The average molecular weight is 213 g/mol. The van der Waals surface area contributed by atoms with Crippen LogP contribution in [-0.2, 0) is 4.79 Å². The van der Waals surface area contributed by atoms with Gasteiger partial charge in [-0.1, -0.05) is 25.9 Å². The first kappa shape index (κ1) is 11.8. The topological polar surface area (TPSA) is 87.7 Å². The smallest absolute Gasteiger partial charge is 0.223 e. The van der Waals surface area contributed by atoms with Crippen molar-refractivity contribution in [1.82, 2.24) is 5.32 Å². The van der Waals surface area contributed by atoms with Gasteiger partial charge in [0.25, 0.3) is 0 Å². The van der Waals surface area contributed by atoms with Crippen LogP contribution >= 0.6 is 0 Å². The number of hydrogen-bond donors (Lipinski definition) is 3. The Morgan fingerprint density at radius 2 is 2.13 bits per heavy atom. The van der Waals surface area contributed by atoms with Gasteiger partial charge in [0.15, 0.2) is 5.84 Å². The van der Waals surface area contributed by atoms with Crippen molar-refractivity contribution in [3.05, 3.63) is 0 Å². The van der Waals surface area contributed by atoms with E-state index in [1.165, 1.54) is 0 Å². The van der Waals surface area contributed by atoms with Crippen LogP contribution in [0.15, 0.2) is 5.16 Å². The minimum atomic E-state index is -0.379. The molecule has 0 heterocycles. The molecule has 1 rings (SSSR count). The van der Waals surface area contributed by atoms with E-state index in [9.17, 15) is 4.79 Å². The quantitative estimate of drug-likeness (QED) is 0.275. The summed E-state index contributed by atoms with van der Waals surface area (Å²) in [5.41, 5.74) is 5.51. The van der Waals surface area contributed by atoms with E-state index >= 15 is 0 Å². The third-order valence-electron chi connectivity index (χ3n) is 2.84. The fraction of sp³-hybridized carbons (Fsp3) is 0.800. The summed E-state index contributed by atoms with van der Waals surface area (Å²) < 4.78 is 0. The zero-order chi connectivity index (χ0) is 11.6. The summed E-state index contributed by atoms with van der Waals surface area (Å²) in [6.45, 7) is 5.87. The number of hydrogen-bond acceptors (Lipinski definition) is 3. The maximum Gasteiger partial charge on any atom is 0.223 e. The second-order valence-electron chi connectivity index (χ2n) is 4.57. The molecular weight excluding hydrogens is 194 g/mol. The van der Waals surface area contributed by atoms with Crippen LogP contribution in [0, 0.1) is 17.8 Å². The molecule has 0 aromatic carbocycles. The van der Waals surface area contributed by atoms with Crippen molar-refractivity contribution in [3.63, 3.8) is 0 Å². The minimum Gasteiger partial charge on any atom is -0.409 e. The highest BCUT2D eigenvalue weighted by atomic mass is 16.4. The van der Waals surface area contributed by atoms with Gasteiger partial charge in [0.1, 0.15) is 0 Å². The molecule has 0 bridgehead atoms. The van der Waals surface area contributed by atoms with Crippen LogP contribution in [0.1, 0.15) is 27.2 Å². The van der Waals surface area contributed by atoms with Gasteiger partial charge in [0.05, 0.1) is 6.04 Å². The van der Waals surface area contributed by atoms with Crippen LogP contribution in [0.25, 0.3) is 0 Å². The second-order valence-corrected chi connectivity index (χ2v) is 4.57. The normalized spacial score (nSPS) is 27.6. The summed E-state index contributed by atoms with van der Waals surface area (Å²) in [6.07, 6.45) is 0.937. The van der Waals surface area contributed by atoms with Gasteiger partial charge in [0.2, 0.25) is 5.91 Å². The molecule has 0 radical (unpaired) electrons. The van der Waals surface area contributed by atoms with Crippen molar-refractivity contribution >= 4 is 11.7 Å². The van der Waals surface area contributed by atoms with E-state index in [4.69, 9.17) is 10.9 Å². The lowest BCUT2D eigenvalue weighted by Gasteiger charge is -2.20. The Morgan fingerprint density at radius 3 is 2.47 bits per heavy atom. The van der Waals surface area contributed by atoms with Crippen molar-refractivity contribution in [1.29, 1.82) is 0 Å². The summed E-state index contributed by atoms with van der Waals surface area (Å²) in [4.78, 5) is 11.6. The van der Waals surface area contributed by atoms with Crippen LogP contribution in [0.5, 0.6) is 0 Å². The Morgan fingerprint density at radius 1 is 1.60 bits per heavy atom. The molecule has 0 spiro atoms. The fourth-order valence-electron chi connectivity index (χ4n) is 1.59. The Bertz CT molecular complexity index is 276. The zero-order valence-electron chi connectivity index (χ0n) is 9.40. The monoisotopic (exact) mass is 213 g/mol. The van der Waals surface area contributed by atoms with E-state index < -0.39 is 0 Å². The summed E-state index contributed by atoms with van der Waals surface area (Å²) in [6, 6.07) is -0.379. The highest BCUT2D eigenvalue weighted by Crippen LogP contribution is 2.37. The van der Waals surface area contributed by atoms with Crippen molar-refractivity contribution in [2.45, 2.75) is 33.2 Å². The number of oxime groups is 1. The molecule has 0 aromatic heterocycles. The van der Waals surface area contributed by atoms with Crippen LogP contribution < -0.4 is 11.1 Å². The number of amidine groups is 1. The van der Waals surface area contributed by atoms with Gasteiger partial charge in [-0.05, 0) is 18.3 Å². The summed E-state index contributed by atoms with van der Waals surface area (Å²) in [5.74, 6) is 0.751. The first-order chi connectivity index (χ1) is 6.97. The Balaban J connectivity index is 2.55. The van der Waals surface area contributed by atoms with Gasteiger partial charge in [-0.2, -0.15) is 0 Å². The second kappa shape index (κ2) is 4.51. The van der Waals surface area contributed by atoms with E-state index in [0.717, 1.165) is 6.42 Å². The van der Waals surface area contributed by atoms with Crippen molar-refractivity contribution in [2.24, 2.45) is 28.6 Å². The number of amides is 1. The van der Waals surface area contributed by atoms with E-state index in [1.54, 1.807) is 0 Å². The summed E-state index contributed by atoms with van der Waals surface area (Å²) >= 11 is 0. The average Bonchev–Trinajstić information content (AvgIpc) is 2.90. The van der Waals surface area contributed by atoms with Crippen LogP contribution in [0.3, 0.4) is 0 Å². The maximum atomic E-state index is 11.6. The SMILES string of the molecule is CC(C)C(NC(=O)C1CC1C)C(N)=NO. The molecule has 1 saturated carbocycles. The summed E-state index contributed by atoms with van der Waals surface area (Å²) in [5, 5.41) is 14.3. The Hall–Kier alpha value is -1.26. The number of nitrogens with two attached hydrogens (primary N) is 1. The molecule has 4 N–H and O–H groups in total. The van der Waals surface area contributed by atoms with Crippen LogP contribution in [0.2, 0.25) is 0 Å². The molecule has 5 heteroatoms. The first-order valence-electron chi connectivity index (χ1n) is 5.25. The molecule has 1 aliphatic carbocycles. The van der Waals surface area contributed by atoms with Gasteiger partial charge >= 0.3 is 0 Å². The highest BCUT2D eigenvalue weighted by Gasteiger charge is 2.40. The number of carbonyl (C=O) groups is 1. The van der Waals surface area contributed by atoms with Crippen LogP contribution in [-0.4, -0.2) is 23.0 Å². The molecule has 0 aromatic rings. The lowest BCUT2D eigenvalue weighted by Crippen LogP contribution is -2.48. The molecule has 1 amide bonds. The predicted molar refractivity (Wildman–Crippen MR) is 57.4 cm³/mol. The molecule has 5 nitrogen and oxygen atoms in total. The van der Waals surface area contributed by atoms with E-state index in [2.05, 4.69) is 10.5 Å². The summed E-state index contributed by atoms with van der Waals surface area (Å²) in [7, 11) is 0. The van der Waals surface area contributed by atoms with Gasteiger partial charge < -0.3 is 16.3 Å². The minimum absolute atomic E-state index is 0.00722. The van der Waals surface area contributed by atoms with E-state index in [-0.39, 0.29) is 29.6 Å². The lowest BCUT2D eigenvalue weighted by molar-refractivity contribution is -0.123. The number of nitrogens with one attached hydrogen (secondary N) is 1. The molecule has 1 aliphatic rings. The van der Waals surface area contributed by atoms with Crippen LogP contribution in [0.4, 0.5) is 0 Å². The third kappa shape index (κ3) is 2.84. The standard InChI is InChI=1S/C10H19N3O2/c1-5(2)8(9(11)13-15)12-10(14)7-4-6(7)3/h5-8,15H,4H2,1-3H3,(H2,11,13)(H,12,14). The van der Waals surface area contributed by atoms with Crippen molar-refractivity contribution < 1.29 is 10.0 Å². The van der Waals surface area contributed by atoms with Gasteiger partial charge in [-0.15, -0.1) is 0 Å². The Labute approximate surface area is 89.7 Å². The lowest BCUT2D eigenvalue weighted by atomic mass is 10.0. The largest absolute Gasteiger partial charge is 0.409 e. The van der Waals surface area contributed by atoms with Gasteiger partial charge in [0, 0.05) is 5.92 Å². The number of rotatable bonds is 4. The molecule has 1 fully saturated rings. The molecule has 15 heavy (non-hydrogen) atoms. The van der Waals surface area contributed by atoms with Crippen molar-refractivity contribution in [2.75, 3.05) is 0 Å². The molecule has 86 valence electrons. The number of nitrogens with zero attached hydrogens (tertiary/aromatic N) is 1. The molecule has 0 saturated heterocycles. The van der Waals surface area contributed by atoms with Gasteiger partial charge in [-0.3, -0.25) is 4.79 Å². The maximum absolute atomic E-state index is 11.6. The van der Waals surface area contributed by atoms with Gasteiger partial charge in [-0.25, -0.2) is 0 Å². The third-order valence-corrected chi connectivity index (χ3v) is 2.84. The Kier molecular flexibility index (Phi) is 3.55. The molecular formula is C10H19N3O2. The highest BCUT2D eigenvalue weighted by molar-refractivity contribution is 5.91. The first-order valence-corrected chi connectivity index (χ1v) is 5.25. The zero-order valence-corrected chi connectivity index (χ0v) is 9.40. The number of carbonyl (C=O) groups excluding carboxylic acids is 1. The molecule has 3 unspecified atom stereocenters. The fourth-order valence-corrected chi connectivity index (χ4v) is 1.59. The predicted octanol–water partition coefficient (Wildman–Crippen LogP) is 0.530. The van der Waals surface area contributed by atoms with E-state index in [0.29, 0.717) is 5.92 Å². The van der Waals surface area contributed by atoms with E-state index in [1.807, 2.05) is 20.8 Å². The van der Waals surface area contributed by atoms with Crippen molar-refractivity contribution in [3.8, 4) is 0 Å².